The smallest absolute Gasteiger partial charge is 0.273 e. The lowest BCUT2D eigenvalue weighted by Crippen LogP contribution is -2.57. The highest BCUT2D eigenvalue weighted by Gasteiger charge is 2.32. The standard InChI is InChI=1S/C17H20N2O3S/c1-12(2)13-3-5-14(6-4-13)21-11-16(20)19-9-15(10-19)22-17-18-7-8-23-17/h3-8,12,15H,9-11H2,1-2H3. The molecule has 1 aliphatic heterocycles. The molecule has 23 heavy (non-hydrogen) atoms. The maximum Gasteiger partial charge on any atom is 0.273 e. The predicted octanol–water partition coefficient (Wildman–Crippen LogP) is 2.94. The zero-order valence-corrected chi connectivity index (χ0v) is 14.1. The van der Waals surface area contributed by atoms with Crippen molar-refractivity contribution in [1.29, 1.82) is 0 Å². The number of aromatic nitrogens is 1. The average Bonchev–Trinajstić information content (AvgIpc) is 3.01. The molecule has 0 N–H and O–H groups in total. The van der Waals surface area contributed by atoms with Gasteiger partial charge < -0.3 is 14.4 Å². The number of carbonyl (C=O) groups excluding carboxylic acids is 1. The minimum Gasteiger partial charge on any atom is -0.484 e. The van der Waals surface area contributed by atoms with Gasteiger partial charge in [0.05, 0.1) is 13.1 Å². The molecule has 1 saturated heterocycles. The molecule has 0 saturated carbocycles. The molecule has 1 aromatic heterocycles. The van der Waals surface area contributed by atoms with Crippen molar-refractivity contribution in [3.63, 3.8) is 0 Å². The molecule has 6 heteroatoms. The number of ether oxygens (including phenoxy) is 2. The van der Waals surface area contributed by atoms with Gasteiger partial charge in [0.1, 0.15) is 11.9 Å². The monoisotopic (exact) mass is 332 g/mol. The summed E-state index contributed by atoms with van der Waals surface area (Å²) in [4.78, 5) is 17.9. The summed E-state index contributed by atoms with van der Waals surface area (Å²) < 4.78 is 11.2. The number of hydrogen-bond acceptors (Lipinski definition) is 5. The van der Waals surface area contributed by atoms with Crippen LogP contribution in [0.25, 0.3) is 0 Å². The molecule has 1 aromatic carbocycles. The van der Waals surface area contributed by atoms with Crippen molar-refractivity contribution in [3.8, 4) is 10.9 Å². The van der Waals surface area contributed by atoms with Gasteiger partial charge in [-0.25, -0.2) is 4.98 Å². The zero-order chi connectivity index (χ0) is 16.2. The fourth-order valence-electron chi connectivity index (χ4n) is 2.31. The number of rotatable bonds is 6. The van der Waals surface area contributed by atoms with E-state index in [1.165, 1.54) is 16.9 Å². The van der Waals surface area contributed by atoms with E-state index in [4.69, 9.17) is 9.47 Å². The van der Waals surface area contributed by atoms with E-state index >= 15 is 0 Å². The summed E-state index contributed by atoms with van der Waals surface area (Å²) in [5.41, 5.74) is 1.26. The van der Waals surface area contributed by atoms with Crippen molar-refractivity contribution in [2.75, 3.05) is 19.7 Å². The van der Waals surface area contributed by atoms with E-state index in [1.807, 2.05) is 29.6 Å². The van der Waals surface area contributed by atoms with E-state index in [-0.39, 0.29) is 18.6 Å². The Kier molecular flexibility index (Phi) is 4.81. The Morgan fingerprint density at radius 3 is 2.70 bits per heavy atom. The largest absolute Gasteiger partial charge is 0.484 e. The topological polar surface area (TPSA) is 51.7 Å². The Morgan fingerprint density at radius 1 is 1.35 bits per heavy atom. The molecule has 0 bridgehead atoms. The van der Waals surface area contributed by atoms with Crippen molar-refractivity contribution in [2.24, 2.45) is 0 Å². The summed E-state index contributed by atoms with van der Waals surface area (Å²) >= 11 is 1.46. The van der Waals surface area contributed by atoms with E-state index in [0.717, 1.165) is 5.75 Å². The Morgan fingerprint density at radius 2 is 2.09 bits per heavy atom. The fourth-order valence-corrected chi connectivity index (χ4v) is 2.86. The van der Waals surface area contributed by atoms with Crippen LogP contribution in [0.4, 0.5) is 0 Å². The predicted molar refractivity (Wildman–Crippen MR) is 89.1 cm³/mol. The summed E-state index contributed by atoms with van der Waals surface area (Å²) in [5.74, 6) is 1.19. The molecule has 0 unspecified atom stereocenters. The molecule has 0 spiro atoms. The zero-order valence-electron chi connectivity index (χ0n) is 13.3. The van der Waals surface area contributed by atoms with Gasteiger partial charge in [-0.3, -0.25) is 4.79 Å². The van der Waals surface area contributed by atoms with E-state index in [9.17, 15) is 4.79 Å². The van der Waals surface area contributed by atoms with Gasteiger partial charge in [-0.05, 0) is 23.6 Å². The first kappa shape index (κ1) is 15.8. The van der Waals surface area contributed by atoms with Gasteiger partial charge in [-0.2, -0.15) is 0 Å². The number of thiazole rings is 1. The highest BCUT2D eigenvalue weighted by molar-refractivity contribution is 7.11. The normalized spacial score (nSPS) is 14.7. The second-order valence-corrected chi connectivity index (χ2v) is 6.71. The van der Waals surface area contributed by atoms with Crippen LogP contribution in [-0.4, -0.2) is 41.6 Å². The van der Waals surface area contributed by atoms with Crippen LogP contribution in [0.15, 0.2) is 35.8 Å². The van der Waals surface area contributed by atoms with E-state index in [1.54, 1.807) is 11.1 Å². The molecule has 1 fully saturated rings. The second kappa shape index (κ2) is 7.00. The third kappa shape index (κ3) is 4.01. The Hall–Kier alpha value is -2.08. The van der Waals surface area contributed by atoms with Gasteiger partial charge in [0.15, 0.2) is 6.61 Å². The van der Waals surface area contributed by atoms with Crippen LogP contribution in [0, 0.1) is 0 Å². The van der Waals surface area contributed by atoms with Crippen LogP contribution in [0.3, 0.4) is 0 Å². The highest BCUT2D eigenvalue weighted by Crippen LogP contribution is 2.21. The van der Waals surface area contributed by atoms with Crippen molar-refractivity contribution >= 4 is 17.2 Å². The van der Waals surface area contributed by atoms with Crippen LogP contribution in [-0.2, 0) is 4.79 Å². The van der Waals surface area contributed by atoms with Crippen molar-refractivity contribution < 1.29 is 14.3 Å². The first-order valence-electron chi connectivity index (χ1n) is 7.68. The molecule has 0 aliphatic carbocycles. The molecule has 1 amide bonds. The van der Waals surface area contributed by atoms with Gasteiger partial charge in [0, 0.05) is 11.6 Å². The van der Waals surface area contributed by atoms with Crippen LogP contribution in [0.5, 0.6) is 10.9 Å². The van der Waals surface area contributed by atoms with E-state index in [0.29, 0.717) is 24.2 Å². The first-order chi connectivity index (χ1) is 11.1. The molecule has 1 aliphatic rings. The third-order valence-electron chi connectivity index (χ3n) is 3.79. The number of nitrogens with zero attached hydrogens (tertiary/aromatic N) is 2. The number of hydrogen-bond donors (Lipinski definition) is 0. The van der Waals surface area contributed by atoms with Crippen LogP contribution in [0.1, 0.15) is 25.3 Å². The van der Waals surface area contributed by atoms with Crippen LogP contribution in [0.2, 0.25) is 0 Å². The first-order valence-corrected chi connectivity index (χ1v) is 8.56. The summed E-state index contributed by atoms with van der Waals surface area (Å²) in [6.45, 7) is 5.54. The summed E-state index contributed by atoms with van der Waals surface area (Å²) in [6.07, 6.45) is 1.75. The molecule has 2 aromatic rings. The molecule has 0 radical (unpaired) electrons. The molecule has 3 rings (SSSR count). The maximum atomic E-state index is 12.1. The fraction of sp³-hybridized carbons (Fsp3) is 0.412. The molecule has 5 nitrogen and oxygen atoms in total. The summed E-state index contributed by atoms with van der Waals surface area (Å²) in [5, 5.41) is 2.53. The van der Waals surface area contributed by atoms with Gasteiger partial charge >= 0.3 is 0 Å². The van der Waals surface area contributed by atoms with Crippen molar-refractivity contribution in [1.82, 2.24) is 9.88 Å². The van der Waals surface area contributed by atoms with Crippen molar-refractivity contribution in [3.05, 3.63) is 41.4 Å². The lowest BCUT2D eigenvalue weighted by Gasteiger charge is -2.38. The SMILES string of the molecule is CC(C)c1ccc(OCC(=O)N2CC(Oc3nccs3)C2)cc1. The van der Waals surface area contributed by atoms with Gasteiger partial charge in [0.2, 0.25) is 0 Å². The number of amides is 1. The van der Waals surface area contributed by atoms with Gasteiger partial charge in [-0.15, -0.1) is 0 Å². The lowest BCUT2D eigenvalue weighted by molar-refractivity contribution is -0.142. The second-order valence-electron chi connectivity index (χ2n) is 5.85. The molecular weight excluding hydrogens is 312 g/mol. The number of carbonyl (C=O) groups is 1. The Bertz CT molecular complexity index is 634. The highest BCUT2D eigenvalue weighted by atomic mass is 32.1. The molecular formula is C17H20N2O3S. The van der Waals surface area contributed by atoms with E-state index < -0.39 is 0 Å². The Labute approximate surface area is 139 Å². The van der Waals surface area contributed by atoms with Gasteiger partial charge in [0.25, 0.3) is 11.1 Å². The van der Waals surface area contributed by atoms with Crippen molar-refractivity contribution in [2.45, 2.75) is 25.9 Å². The minimum atomic E-state index is -0.0167. The average molecular weight is 332 g/mol. The van der Waals surface area contributed by atoms with Crippen LogP contribution < -0.4 is 9.47 Å². The molecule has 0 atom stereocenters. The maximum absolute atomic E-state index is 12.1. The molecule has 2 heterocycles. The van der Waals surface area contributed by atoms with Gasteiger partial charge in [-0.1, -0.05) is 37.3 Å². The minimum absolute atomic E-state index is 0.0167. The molecule has 122 valence electrons. The Balaban J connectivity index is 1.40. The quantitative estimate of drug-likeness (QED) is 0.816. The summed E-state index contributed by atoms with van der Waals surface area (Å²) in [7, 11) is 0. The summed E-state index contributed by atoms with van der Waals surface area (Å²) in [6, 6.07) is 7.89. The number of benzene rings is 1. The van der Waals surface area contributed by atoms with E-state index in [2.05, 4.69) is 18.8 Å². The lowest BCUT2D eigenvalue weighted by atomic mass is 10.0. The third-order valence-corrected chi connectivity index (χ3v) is 4.45. The van der Waals surface area contributed by atoms with Crippen LogP contribution >= 0.6 is 11.3 Å². The number of likely N-dealkylation sites (tertiary alicyclic amines) is 1.